The number of hydrogen-bond acceptors (Lipinski definition) is 5. The smallest absolute Gasteiger partial charge is 0.239 e. The Morgan fingerprint density at radius 3 is 2.46 bits per heavy atom. The Balaban J connectivity index is 1.96. The van der Waals surface area contributed by atoms with E-state index in [0.717, 1.165) is 31.2 Å². The molecule has 0 radical (unpaired) electrons. The zero-order chi connectivity index (χ0) is 19.3. The van der Waals surface area contributed by atoms with E-state index in [0.29, 0.717) is 10.6 Å². The molecule has 2 amide bonds. The third-order valence-corrected chi connectivity index (χ3v) is 5.33. The van der Waals surface area contributed by atoms with Gasteiger partial charge >= 0.3 is 0 Å². The van der Waals surface area contributed by atoms with Crippen molar-refractivity contribution in [3.05, 3.63) is 16.0 Å². The van der Waals surface area contributed by atoms with Crippen LogP contribution in [-0.2, 0) is 22.4 Å². The lowest BCUT2D eigenvalue weighted by molar-refractivity contribution is -0.124. The number of nitriles is 1. The first-order chi connectivity index (χ1) is 12.2. The van der Waals surface area contributed by atoms with E-state index >= 15 is 0 Å². The Hall–Kier alpha value is -1.91. The second-order valence-electron chi connectivity index (χ2n) is 7.90. The fourth-order valence-corrected chi connectivity index (χ4v) is 4.38. The minimum atomic E-state index is -0.295. The Morgan fingerprint density at radius 1 is 1.15 bits per heavy atom. The Kier molecular flexibility index (Phi) is 6.79. The van der Waals surface area contributed by atoms with Crippen LogP contribution >= 0.6 is 11.3 Å². The van der Waals surface area contributed by atoms with Crippen molar-refractivity contribution in [3.63, 3.8) is 0 Å². The minimum absolute atomic E-state index is 0.102. The lowest BCUT2D eigenvalue weighted by Gasteiger charge is -2.23. The number of thiophene rings is 1. The van der Waals surface area contributed by atoms with Gasteiger partial charge in [-0.1, -0.05) is 6.42 Å². The molecular weight excluding hydrogens is 348 g/mol. The summed E-state index contributed by atoms with van der Waals surface area (Å²) in [7, 11) is 1.73. The molecule has 0 saturated heterocycles. The van der Waals surface area contributed by atoms with Crippen molar-refractivity contribution in [2.45, 2.75) is 58.4 Å². The molecule has 6 nitrogen and oxygen atoms in total. The van der Waals surface area contributed by atoms with Gasteiger partial charge in [0.25, 0.3) is 0 Å². The van der Waals surface area contributed by atoms with E-state index in [1.807, 2.05) is 20.8 Å². The monoisotopic (exact) mass is 376 g/mol. The Bertz CT molecular complexity index is 712. The standard InChI is InChI=1S/C19H28N4O2S/c1-19(2,3)22-17(25)12-23(4)11-16(24)21-18-14(10-20)13-8-6-5-7-9-15(13)26-18/h5-9,11-12H2,1-4H3,(H,21,24)(H,22,25). The Morgan fingerprint density at radius 2 is 1.81 bits per heavy atom. The summed E-state index contributed by atoms with van der Waals surface area (Å²) in [5.74, 6) is -0.322. The van der Waals surface area contributed by atoms with Gasteiger partial charge in [-0.05, 0) is 59.1 Å². The number of carbonyl (C=O) groups is 2. The second-order valence-corrected chi connectivity index (χ2v) is 9.00. The lowest BCUT2D eigenvalue weighted by Crippen LogP contribution is -2.46. The molecule has 0 fully saturated rings. The SMILES string of the molecule is CN(CC(=O)Nc1sc2c(c1C#N)CCCCC2)CC(=O)NC(C)(C)C. The predicted molar refractivity (Wildman–Crippen MR) is 104 cm³/mol. The van der Waals surface area contributed by atoms with Crippen molar-refractivity contribution in [2.24, 2.45) is 0 Å². The van der Waals surface area contributed by atoms with Gasteiger partial charge in [0.05, 0.1) is 18.7 Å². The summed E-state index contributed by atoms with van der Waals surface area (Å²) in [5.41, 5.74) is 1.44. The van der Waals surface area contributed by atoms with Gasteiger partial charge in [-0.2, -0.15) is 5.26 Å². The van der Waals surface area contributed by atoms with Crippen molar-refractivity contribution < 1.29 is 9.59 Å². The van der Waals surface area contributed by atoms with Crippen molar-refractivity contribution in [1.29, 1.82) is 5.26 Å². The number of carbonyl (C=O) groups excluding carboxylic acids is 2. The highest BCUT2D eigenvalue weighted by atomic mass is 32.1. The minimum Gasteiger partial charge on any atom is -0.350 e. The van der Waals surface area contributed by atoms with Crippen molar-refractivity contribution in [1.82, 2.24) is 10.2 Å². The van der Waals surface area contributed by atoms with Gasteiger partial charge in [-0.3, -0.25) is 14.5 Å². The molecule has 2 rings (SSSR count). The van der Waals surface area contributed by atoms with Gasteiger partial charge in [0.15, 0.2) is 0 Å². The van der Waals surface area contributed by atoms with Crippen LogP contribution in [0.5, 0.6) is 0 Å². The van der Waals surface area contributed by atoms with Crippen LogP contribution in [0, 0.1) is 11.3 Å². The van der Waals surface area contributed by atoms with E-state index in [-0.39, 0.29) is 30.4 Å². The molecule has 1 heterocycles. The number of aryl methyl sites for hydroxylation is 1. The first-order valence-electron chi connectivity index (χ1n) is 9.03. The molecule has 0 saturated carbocycles. The molecule has 1 aromatic heterocycles. The number of hydrogen-bond donors (Lipinski definition) is 2. The van der Waals surface area contributed by atoms with Crippen LogP contribution in [0.4, 0.5) is 5.00 Å². The highest BCUT2D eigenvalue weighted by Gasteiger charge is 2.22. The predicted octanol–water partition coefficient (Wildman–Crippen LogP) is 2.67. The maximum absolute atomic E-state index is 12.4. The summed E-state index contributed by atoms with van der Waals surface area (Å²) in [6.07, 6.45) is 5.32. The topological polar surface area (TPSA) is 85.2 Å². The molecule has 2 N–H and O–H groups in total. The van der Waals surface area contributed by atoms with Gasteiger partial charge in [0, 0.05) is 10.4 Å². The van der Waals surface area contributed by atoms with Gasteiger partial charge in [0.1, 0.15) is 11.1 Å². The van der Waals surface area contributed by atoms with Gasteiger partial charge < -0.3 is 10.6 Å². The molecule has 0 aromatic carbocycles. The number of fused-ring (bicyclic) bond motifs is 1. The third-order valence-electron chi connectivity index (χ3n) is 4.13. The maximum Gasteiger partial charge on any atom is 0.239 e. The average molecular weight is 377 g/mol. The summed E-state index contributed by atoms with van der Waals surface area (Å²) in [6, 6.07) is 2.27. The third kappa shape index (κ3) is 5.82. The van der Waals surface area contributed by atoms with Crippen LogP contribution in [0.15, 0.2) is 0 Å². The molecular formula is C19H28N4O2S. The summed E-state index contributed by atoms with van der Waals surface area (Å²) < 4.78 is 0. The normalized spacial score (nSPS) is 14.3. The second kappa shape index (κ2) is 8.65. The molecule has 0 spiro atoms. The van der Waals surface area contributed by atoms with Crippen molar-refractivity contribution in [2.75, 3.05) is 25.5 Å². The number of anilines is 1. The lowest BCUT2D eigenvalue weighted by atomic mass is 10.1. The first-order valence-corrected chi connectivity index (χ1v) is 9.85. The maximum atomic E-state index is 12.4. The van der Waals surface area contributed by atoms with Crippen LogP contribution < -0.4 is 10.6 Å². The number of nitrogens with zero attached hydrogens (tertiary/aromatic N) is 2. The number of likely N-dealkylation sites (N-methyl/N-ethyl adjacent to an activating group) is 1. The molecule has 26 heavy (non-hydrogen) atoms. The fraction of sp³-hybridized carbons (Fsp3) is 0.632. The molecule has 1 aliphatic rings. The summed E-state index contributed by atoms with van der Waals surface area (Å²) in [5, 5.41) is 15.9. The molecule has 1 aliphatic carbocycles. The Labute approximate surface area is 159 Å². The molecule has 142 valence electrons. The molecule has 0 aliphatic heterocycles. The van der Waals surface area contributed by atoms with Crippen molar-refractivity contribution >= 4 is 28.2 Å². The van der Waals surface area contributed by atoms with Gasteiger partial charge in [0.2, 0.25) is 11.8 Å². The van der Waals surface area contributed by atoms with Crippen LogP contribution in [0.25, 0.3) is 0 Å². The van der Waals surface area contributed by atoms with E-state index in [2.05, 4.69) is 16.7 Å². The fourth-order valence-electron chi connectivity index (χ4n) is 3.12. The average Bonchev–Trinajstić information content (AvgIpc) is 2.65. The van der Waals surface area contributed by atoms with Gasteiger partial charge in [-0.15, -0.1) is 11.3 Å². The molecule has 0 atom stereocenters. The van der Waals surface area contributed by atoms with E-state index in [9.17, 15) is 14.9 Å². The quantitative estimate of drug-likeness (QED) is 0.774. The summed E-state index contributed by atoms with van der Waals surface area (Å²) >= 11 is 1.52. The highest BCUT2D eigenvalue weighted by Crippen LogP contribution is 2.36. The van der Waals surface area contributed by atoms with Crippen LogP contribution in [0.3, 0.4) is 0 Å². The zero-order valence-electron chi connectivity index (χ0n) is 16.1. The highest BCUT2D eigenvalue weighted by molar-refractivity contribution is 7.16. The van der Waals surface area contributed by atoms with Crippen molar-refractivity contribution in [3.8, 4) is 6.07 Å². The van der Waals surface area contributed by atoms with E-state index in [1.165, 1.54) is 22.6 Å². The van der Waals surface area contributed by atoms with Crippen LogP contribution in [-0.4, -0.2) is 42.4 Å². The largest absolute Gasteiger partial charge is 0.350 e. The molecule has 7 heteroatoms. The van der Waals surface area contributed by atoms with E-state index in [1.54, 1.807) is 11.9 Å². The van der Waals surface area contributed by atoms with Crippen LogP contribution in [0.2, 0.25) is 0 Å². The summed E-state index contributed by atoms with van der Waals surface area (Å²) in [4.78, 5) is 27.2. The van der Waals surface area contributed by atoms with Gasteiger partial charge in [-0.25, -0.2) is 0 Å². The number of rotatable bonds is 5. The van der Waals surface area contributed by atoms with E-state index in [4.69, 9.17) is 0 Å². The molecule has 1 aromatic rings. The van der Waals surface area contributed by atoms with Crippen LogP contribution in [0.1, 0.15) is 56.0 Å². The zero-order valence-corrected chi connectivity index (χ0v) is 16.9. The number of nitrogens with one attached hydrogen (secondary N) is 2. The number of amides is 2. The molecule has 0 unspecified atom stereocenters. The molecule has 0 bridgehead atoms. The first kappa shape index (κ1) is 20.4. The summed E-state index contributed by atoms with van der Waals surface area (Å²) in [6.45, 7) is 6.01. The van der Waals surface area contributed by atoms with E-state index < -0.39 is 0 Å².